The van der Waals surface area contributed by atoms with Crippen molar-refractivity contribution in [1.82, 2.24) is 5.32 Å². The molecule has 0 saturated carbocycles. The monoisotopic (exact) mass is 314 g/mol. The molecule has 1 aromatic carbocycles. The number of benzene rings is 1. The standard InChI is InChI=1S/C18H22N2O3/c1-5-9-23-16-8-7-14(11-17(16)22-4)10-15(12-19)18(21)20-13(3)6-2/h5,7-8,10-11,13H,1,6,9H2,2-4H3,(H,20,21)/b15-10+/t13-/m0/s1. The van der Waals surface area contributed by atoms with Gasteiger partial charge in [0.15, 0.2) is 11.5 Å². The molecular formula is C18H22N2O3. The first-order valence-electron chi connectivity index (χ1n) is 7.40. The van der Waals surface area contributed by atoms with Gasteiger partial charge in [0.1, 0.15) is 18.2 Å². The average molecular weight is 314 g/mol. The highest BCUT2D eigenvalue weighted by molar-refractivity contribution is 6.01. The zero-order valence-electron chi connectivity index (χ0n) is 13.8. The zero-order chi connectivity index (χ0) is 17.2. The smallest absolute Gasteiger partial charge is 0.262 e. The van der Waals surface area contributed by atoms with Crippen LogP contribution in [0.4, 0.5) is 0 Å². The van der Waals surface area contributed by atoms with Crippen LogP contribution in [0, 0.1) is 11.3 Å². The van der Waals surface area contributed by atoms with Crippen LogP contribution in [0.3, 0.4) is 0 Å². The molecule has 1 rings (SSSR count). The number of carbonyl (C=O) groups excluding carboxylic acids is 1. The van der Waals surface area contributed by atoms with Gasteiger partial charge < -0.3 is 14.8 Å². The van der Waals surface area contributed by atoms with Gasteiger partial charge in [0.2, 0.25) is 0 Å². The van der Waals surface area contributed by atoms with Gasteiger partial charge in [-0.25, -0.2) is 0 Å². The number of nitrogens with one attached hydrogen (secondary N) is 1. The molecule has 0 aromatic heterocycles. The minimum absolute atomic E-state index is 0.0171. The van der Waals surface area contributed by atoms with Crippen molar-refractivity contribution in [3.8, 4) is 17.6 Å². The van der Waals surface area contributed by atoms with E-state index in [2.05, 4.69) is 11.9 Å². The number of amides is 1. The summed E-state index contributed by atoms with van der Waals surface area (Å²) in [6.07, 6.45) is 3.96. The van der Waals surface area contributed by atoms with Gasteiger partial charge in [-0.3, -0.25) is 4.79 Å². The van der Waals surface area contributed by atoms with Gasteiger partial charge in [-0.1, -0.05) is 25.6 Å². The van der Waals surface area contributed by atoms with Crippen molar-refractivity contribution in [1.29, 1.82) is 5.26 Å². The molecule has 1 aromatic rings. The summed E-state index contributed by atoms with van der Waals surface area (Å²) in [6.45, 7) is 7.82. The number of methoxy groups -OCH3 is 1. The molecule has 1 N–H and O–H groups in total. The molecule has 0 fully saturated rings. The fraction of sp³-hybridized carbons (Fsp3) is 0.333. The molecule has 122 valence electrons. The fourth-order valence-corrected chi connectivity index (χ4v) is 1.76. The van der Waals surface area contributed by atoms with Gasteiger partial charge in [0.25, 0.3) is 5.91 Å². The lowest BCUT2D eigenvalue weighted by Crippen LogP contribution is -2.32. The summed E-state index contributed by atoms with van der Waals surface area (Å²) in [6, 6.07) is 7.15. The van der Waals surface area contributed by atoms with E-state index in [1.807, 2.05) is 19.9 Å². The van der Waals surface area contributed by atoms with E-state index in [4.69, 9.17) is 9.47 Å². The molecule has 0 aliphatic rings. The molecule has 0 saturated heterocycles. The van der Waals surface area contributed by atoms with Crippen LogP contribution in [0.25, 0.3) is 6.08 Å². The molecule has 5 nitrogen and oxygen atoms in total. The second-order valence-corrected chi connectivity index (χ2v) is 4.96. The SMILES string of the molecule is C=CCOc1ccc(/C=C(\C#N)C(=O)N[C@@H](C)CC)cc1OC. The van der Waals surface area contributed by atoms with Gasteiger partial charge in [-0.05, 0) is 37.1 Å². The van der Waals surface area contributed by atoms with Crippen LogP contribution in [-0.4, -0.2) is 25.7 Å². The van der Waals surface area contributed by atoms with Crippen molar-refractivity contribution in [3.05, 3.63) is 42.0 Å². The number of rotatable bonds is 8. The number of hydrogen-bond acceptors (Lipinski definition) is 4. The maximum Gasteiger partial charge on any atom is 0.262 e. The van der Waals surface area contributed by atoms with E-state index in [9.17, 15) is 10.1 Å². The molecule has 0 bridgehead atoms. The summed E-state index contributed by atoms with van der Waals surface area (Å²) in [5.41, 5.74) is 0.732. The van der Waals surface area contributed by atoms with E-state index < -0.39 is 0 Å². The minimum atomic E-state index is -0.382. The van der Waals surface area contributed by atoms with Crippen molar-refractivity contribution in [2.75, 3.05) is 13.7 Å². The van der Waals surface area contributed by atoms with E-state index in [-0.39, 0.29) is 17.5 Å². The molecule has 1 atom stereocenters. The van der Waals surface area contributed by atoms with Crippen LogP contribution in [0.1, 0.15) is 25.8 Å². The molecule has 0 spiro atoms. The lowest BCUT2D eigenvalue weighted by atomic mass is 10.1. The Hall–Kier alpha value is -2.74. The van der Waals surface area contributed by atoms with Gasteiger partial charge in [0.05, 0.1) is 7.11 Å². The Balaban J connectivity index is 3.02. The van der Waals surface area contributed by atoms with E-state index in [1.165, 1.54) is 13.2 Å². The number of nitriles is 1. The lowest BCUT2D eigenvalue weighted by Gasteiger charge is -2.11. The van der Waals surface area contributed by atoms with Crippen LogP contribution in [-0.2, 0) is 4.79 Å². The molecule has 0 heterocycles. The average Bonchev–Trinajstić information content (AvgIpc) is 2.57. The second kappa shape index (κ2) is 9.31. The molecule has 5 heteroatoms. The summed E-state index contributed by atoms with van der Waals surface area (Å²) in [5, 5.41) is 12.0. The van der Waals surface area contributed by atoms with Crippen LogP contribution >= 0.6 is 0 Å². The predicted molar refractivity (Wildman–Crippen MR) is 90.2 cm³/mol. The third-order valence-corrected chi connectivity index (χ3v) is 3.21. The van der Waals surface area contributed by atoms with E-state index in [0.717, 1.165) is 6.42 Å². The van der Waals surface area contributed by atoms with Gasteiger partial charge in [0, 0.05) is 6.04 Å². The van der Waals surface area contributed by atoms with Crippen molar-refractivity contribution in [3.63, 3.8) is 0 Å². The third-order valence-electron chi connectivity index (χ3n) is 3.21. The molecule has 0 unspecified atom stereocenters. The Morgan fingerprint density at radius 2 is 2.22 bits per heavy atom. The van der Waals surface area contributed by atoms with Crippen LogP contribution in [0.5, 0.6) is 11.5 Å². The highest BCUT2D eigenvalue weighted by Crippen LogP contribution is 2.29. The summed E-state index contributed by atoms with van der Waals surface area (Å²) in [5.74, 6) is 0.722. The van der Waals surface area contributed by atoms with Crippen LogP contribution in [0.2, 0.25) is 0 Å². The van der Waals surface area contributed by atoms with Crippen LogP contribution in [0.15, 0.2) is 36.4 Å². The Morgan fingerprint density at radius 1 is 1.48 bits per heavy atom. The van der Waals surface area contributed by atoms with E-state index in [0.29, 0.717) is 23.7 Å². The Labute approximate surface area is 137 Å². The number of hydrogen-bond donors (Lipinski definition) is 1. The summed E-state index contributed by atoms with van der Waals surface area (Å²) in [4.78, 5) is 12.0. The number of nitrogens with zero attached hydrogens (tertiary/aromatic N) is 1. The summed E-state index contributed by atoms with van der Waals surface area (Å²) in [7, 11) is 1.53. The van der Waals surface area contributed by atoms with Crippen molar-refractivity contribution in [2.45, 2.75) is 26.3 Å². The zero-order valence-corrected chi connectivity index (χ0v) is 13.8. The summed E-state index contributed by atoms with van der Waals surface area (Å²) >= 11 is 0. The molecule has 0 radical (unpaired) electrons. The van der Waals surface area contributed by atoms with Gasteiger partial charge in [-0.2, -0.15) is 5.26 Å². The molecular weight excluding hydrogens is 292 g/mol. The Morgan fingerprint density at radius 3 is 2.78 bits per heavy atom. The fourth-order valence-electron chi connectivity index (χ4n) is 1.76. The highest BCUT2D eigenvalue weighted by atomic mass is 16.5. The first kappa shape index (κ1) is 18.3. The first-order valence-corrected chi connectivity index (χ1v) is 7.40. The van der Waals surface area contributed by atoms with Crippen molar-refractivity contribution >= 4 is 12.0 Å². The molecule has 0 aliphatic heterocycles. The Kier molecular flexibility index (Phi) is 7.41. The highest BCUT2D eigenvalue weighted by Gasteiger charge is 2.12. The van der Waals surface area contributed by atoms with Crippen molar-refractivity contribution < 1.29 is 14.3 Å². The second-order valence-electron chi connectivity index (χ2n) is 4.96. The van der Waals surface area contributed by atoms with Gasteiger partial charge >= 0.3 is 0 Å². The molecule has 0 aliphatic carbocycles. The summed E-state index contributed by atoms with van der Waals surface area (Å²) < 4.78 is 10.7. The minimum Gasteiger partial charge on any atom is -0.493 e. The van der Waals surface area contributed by atoms with Crippen LogP contribution < -0.4 is 14.8 Å². The maximum atomic E-state index is 12.0. The third kappa shape index (κ3) is 5.51. The van der Waals surface area contributed by atoms with Crippen molar-refractivity contribution in [2.24, 2.45) is 0 Å². The Bertz CT molecular complexity index is 630. The maximum absolute atomic E-state index is 12.0. The molecule has 23 heavy (non-hydrogen) atoms. The lowest BCUT2D eigenvalue weighted by molar-refractivity contribution is -0.117. The number of ether oxygens (including phenoxy) is 2. The van der Waals surface area contributed by atoms with E-state index in [1.54, 1.807) is 24.3 Å². The predicted octanol–water partition coefficient (Wildman–Crippen LogP) is 3.08. The number of carbonyl (C=O) groups is 1. The molecule has 1 amide bonds. The largest absolute Gasteiger partial charge is 0.493 e. The normalized spacial score (nSPS) is 12.0. The quantitative estimate of drug-likeness (QED) is 0.455. The van der Waals surface area contributed by atoms with E-state index >= 15 is 0 Å². The van der Waals surface area contributed by atoms with Gasteiger partial charge in [-0.15, -0.1) is 0 Å². The first-order chi connectivity index (χ1) is 11.0. The topological polar surface area (TPSA) is 71.3 Å².